The lowest BCUT2D eigenvalue weighted by Crippen LogP contribution is -2.41. The number of piperidine rings is 1. The van der Waals surface area contributed by atoms with Gasteiger partial charge in [0, 0.05) is 13.1 Å². The SMILES string of the molecule is CCCC1CCN(C(N)=O)CC1. The summed E-state index contributed by atoms with van der Waals surface area (Å²) in [4.78, 5) is 12.5. The number of amides is 2. The summed E-state index contributed by atoms with van der Waals surface area (Å²) in [5.41, 5.74) is 5.17. The molecule has 2 N–H and O–H groups in total. The van der Waals surface area contributed by atoms with Crippen LogP contribution in [0.1, 0.15) is 32.6 Å². The molecular weight excluding hydrogens is 152 g/mol. The van der Waals surface area contributed by atoms with Gasteiger partial charge in [-0.2, -0.15) is 0 Å². The summed E-state index contributed by atoms with van der Waals surface area (Å²) in [6.07, 6.45) is 4.82. The standard InChI is InChI=1S/C9H18N2O/c1-2-3-8-4-6-11(7-5-8)9(10)12/h8H,2-7H2,1H3,(H2,10,12). The van der Waals surface area contributed by atoms with Crippen molar-refractivity contribution in [2.24, 2.45) is 11.7 Å². The van der Waals surface area contributed by atoms with Crippen molar-refractivity contribution < 1.29 is 4.79 Å². The summed E-state index contributed by atoms with van der Waals surface area (Å²) < 4.78 is 0. The fourth-order valence-corrected chi connectivity index (χ4v) is 1.85. The van der Waals surface area contributed by atoms with E-state index in [4.69, 9.17) is 5.73 Å². The van der Waals surface area contributed by atoms with Crippen LogP contribution in [0.15, 0.2) is 0 Å². The number of hydrogen-bond acceptors (Lipinski definition) is 1. The van der Waals surface area contributed by atoms with E-state index in [0.717, 1.165) is 31.8 Å². The van der Waals surface area contributed by atoms with Crippen LogP contribution in [0.3, 0.4) is 0 Å². The second kappa shape index (κ2) is 4.33. The van der Waals surface area contributed by atoms with Crippen LogP contribution < -0.4 is 5.73 Å². The molecule has 0 spiro atoms. The fourth-order valence-electron chi connectivity index (χ4n) is 1.85. The normalized spacial score (nSPS) is 19.6. The van der Waals surface area contributed by atoms with Gasteiger partial charge in [0.15, 0.2) is 0 Å². The van der Waals surface area contributed by atoms with Gasteiger partial charge in [0.1, 0.15) is 0 Å². The topological polar surface area (TPSA) is 46.3 Å². The van der Waals surface area contributed by atoms with E-state index in [1.54, 1.807) is 4.90 Å². The molecule has 0 saturated carbocycles. The van der Waals surface area contributed by atoms with Crippen LogP contribution in [0.25, 0.3) is 0 Å². The Labute approximate surface area is 73.9 Å². The molecular formula is C9H18N2O. The lowest BCUT2D eigenvalue weighted by Gasteiger charge is -2.30. The molecule has 0 unspecified atom stereocenters. The molecule has 1 heterocycles. The van der Waals surface area contributed by atoms with Crippen molar-refractivity contribution in [2.45, 2.75) is 32.6 Å². The average Bonchev–Trinajstić information content (AvgIpc) is 2.06. The third kappa shape index (κ3) is 2.40. The number of carbonyl (C=O) groups excluding carboxylic acids is 1. The first-order valence-corrected chi connectivity index (χ1v) is 4.78. The quantitative estimate of drug-likeness (QED) is 0.672. The summed E-state index contributed by atoms with van der Waals surface area (Å²) in [5.74, 6) is 0.825. The minimum absolute atomic E-state index is 0.259. The predicted molar refractivity (Wildman–Crippen MR) is 48.8 cm³/mol. The first-order valence-electron chi connectivity index (χ1n) is 4.78. The second-order valence-electron chi connectivity index (χ2n) is 3.56. The minimum atomic E-state index is -0.259. The summed E-state index contributed by atoms with van der Waals surface area (Å²) in [7, 11) is 0. The molecule has 12 heavy (non-hydrogen) atoms. The van der Waals surface area contributed by atoms with E-state index in [1.807, 2.05) is 0 Å². The van der Waals surface area contributed by atoms with Crippen LogP contribution in [0.4, 0.5) is 4.79 Å². The van der Waals surface area contributed by atoms with E-state index in [2.05, 4.69) is 6.92 Å². The van der Waals surface area contributed by atoms with Gasteiger partial charge in [0.2, 0.25) is 0 Å². The monoisotopic (exact) mass is 170 g/mol. The van der Waals surface area contributed by atoms with Crippen LogP contribution in [-0.2, 0) is 0 Å². The highest BCUT2D eigenvalue weighted by atomic mass is 16.2. The first kappa shape index (κ1) is 9.36. The van der Waals surface area contributed by atoms with Crippen molar-refractivity contribution >= 4 is 6.03 Å². The zero-order valence-corrected chi connectivity index (χ0v) is 7.75. The van der Waals surface area contributed by atoms with E-state index < -0.39 is 0 Å². The number of primary amides is 1. The van der Waals surface area contributed by atoms with Crippen molar-refractivity contribution in [3.05, 3.63) is 0 Å². The number of nitrogens with two attached hydrogens (primary N) is 1. The van der Waals surface area contributed by atoms with Gasteiger partial charge in [-0.15, -0.1) is 0 Å². The summed E-state index contributed by atoms with van der Waals surface area (Å²) in [6, 6.07) is -0.259. The Kier molecular flexibility index (Phi) is 3.38. The van der Waals surface area contributed by atoms with Crippen LogP contribution in [0, 0.1) is 5.92 Å². The molecule has 1 rings (SSSR count). The van der Waals surface area contributed by atoms with Gasteiger partial charge in [0.25, 0.3) is 0 Å². The van der Waals surface area contributed by atoms with Crippen LogP contribution in [-0.4, -0.2) is 24.0 Å². The third-order valence-electron chi connectivity index (χ3n) is 2.62. The molecule has 0 aromatic carbocycles. The molecule has 1 aliphatic rings. The number of urea groups is 1. The zero-order chi connectivity index (χ0) is 8.97. The van der Waals surface area contributed by atoms with Crippen LogP contribution in [0.2, 0.25) is 0 Å². The van der Waals surface area contributed by atoms with Crippen molar-refractivity contribution in [3.8, 4) is 0 Å². The van der Waals surface area contributed by atoms with Gasteiger partial charge < -0.3 is 10.6 Å². The molecule has 0 bridgehead atoms. The maximum Gasteiger partial charge on any atom is 0.314 e. The van der Waals surface area contributed by atoms with Gasteiger partial charge in [0.05, 0.1) is 0 Å². The van der Waals surface area contributed by atoms with Crippen molar-refractivity contribution in [1.82, 2.24) is 4.90 Å². The lowest BCUT2D eigenvalue weighted by atomic mass is 9.93. The minimum Gasteiger partial charge on any atom is -0.351 e. The lowest BCUT2D eigenvalue weighted by molar-refractivity contribution is 0.176. The molecule has 0 atom stereocenters. The van der Waals surface area contributed by atoms with Gasteiger partial charge in [-0.1, -0.05) is 19.8 Å². The smallest absolute Gasteiger partial charge is 0.314 e. The first-order chi connectivity index (χ1) is 5.74. The average molecular weight is 170 g/mol. The Bertz CT molecular complexity index is 151. The molecule has 0 aromatic rings. The number of rotatable bonds is 2. The molecule has 2 amide bonds. The molecule has 3 nitrogen and oxygen atoms in total. The van der Waals surface area contributed by atoms with Gasteiger partial charge in [-0.3, -0.25) is 0 Å². The highest BCUT2D eigenvalue weighted by Crippen LogP contribution is 2.21. The van der Waals surface area contributed by atoms with Gasteiger partial charge in [-0.05, 0) is 18.8 Å². The van der Waals surface area contributed by atoms with E-state index in [0.29, 0.717) is 0 Å². The predicted octanol–water partition coefficient (Wildman–Crippen LogP) is 1.58. The Morgan fingerprint density at radius 1 is 1.50 bits per heavy atom. The summed E-state index contributed by atoms with van der Waals surface area (Å²) in [5, 5.41) is 0. The Balaban J connectivity index is 2.25. The number of likely N-dealkylation sites (tertiary alicyclic amines) is 1. The van der Waals surface area contributed by atoms with Crippen LogP contribution in [0.5, 0.6) is 0 Å². The van der Waals surface area contributed by atoms with E-state index in [1.165, 1.54) is 12.8 Å². The van der Waals surface area contributed by atoms with Crippen LogP contribution >= 0.6 is 0 Å². The molecule has 1 fully saturated rings. The van der Waals surface area contributed by atoms with E-state index in [-0.39, 0.29) is 6.03 Å². The largest absolute Gasteiger partial charge is 0.351 e. The fraction of sp³-hybridized carbons (Fsp3) is 0.889. The highest BCUT2D eigenvalue weighted by Gasteiger charge is 2.19. The number of carbonyl (C=O) groups is 1. The molecule has 70 valence electrons. The molecule has 0 aromatic heterocycles. The number of nitrogens with zero attached hydrogens (tertiary/aromatic N) is 1. The Hall–Kier alpha value is -0.730. The summed E-state index contributed by atoms with van der Waals surface area (Å²) >= 11 is 0. The third-order valence-corrected chi connectivity index (χ3v) is 2.62. The molecule has 3 heteroatoms. The highest BCUT2D eigenvalue weighted by molar-refractivity contribution is 5.72. The van der Waals surface area contributed by atoms with Gasteiger partial charge >= 0.3 is 6.03 Å². The van der Waals surface area contributed by atoms with Gasteiger partial charge in [-0.25, -0.2) is 4.79 Å². The van der Waals surface area contributed by atoms with E-state index in [9.17, 15) is 4.79 Å². The second-order valence-corrected chi connectivity index (χ2v) is 3.56. The van der Waals surface area contributed by atoms with E-state index >= 15 is 0 Å². The Morgan fingerprint density at radius 2 is 2.08 bits per heavy atom. The molecule has 1 aliphatic heterocycles. The maximum atomic E-state index is 10.8. The van der Waals surface area contributed by atoms with Crippen molar-refractivity contribution in [1.29, 1.82) is 0 Å². The molecule has 0 radical (unpaired) electrons. The summed E-state index contributed by atoms with van der Waals surface area (Å²) in [6.45, 7) is 3.93. The Morgan fingerprint density at radius 3 is 2.50 bits per heavy atom. The molecule has 1 saturated heterocycles. The van der Waals surface area contributed by atoms with Crippen molar-refractivity contribution in [3.63, 3.8) is 0 Å². The number of hydrogen-bond donors (Lipinski definition) is 1. The zero-order valence-electron chi connectivity index (χ0n) is 7.75. The maximum absolute atomic E-state index is 10.8. The molecule has 0 aliphatic carbocycles. The van der Waals surface area contributed by atoms with Crippen molar-refractivity contribution in [2.75, 3.05) is 13.1 Å².